The van der Waals surface area contributed by atoms with Crippen LogP contribution in [0.2, 0.25) is 0 Å². The van der Waals surface area contributed by atoms with E-state index in [2.05, 4.69) is 4.98 Å². The van der Waals surface area contributed by atoms with E-state index in [1.54, 1.807) is 10.6 Å². The molecular formula is C19H16N2O3S. The van der Waals surface area contributed by atoms with Crippen molar-refractivity contribution in [2.45, 2.75) is 23.8 Å². The highest BCUT2D eigenvalue weighted by molar-refractivity contribution is 8.00. The summed E-state index contributed by atoms with van der Waals surface area (Å²) in [5, 5.41) is 0.745. The number of nitrogens with zero attached hydrogens (tertiary/aromatic N) is 2. The standard InChI is InChI=1S/C19H16N2O3S/c1-12-6-2-5-9-15(12)21-17(22)13-7-3-4-8-14(13)20-19(21)25-16-10-11-24-18(16)23/h2-9,16H,10-11H2,1H3. The average molecular weight is 352 g/mol. The highest BCUT2D eigenvalue weighted by Crippen LogP contribution is 2.30. The first-order valence-electron chi connectivity index (χ1n) is 8.06. The van der Waals surface area contributed by atoms with E-state index < -0.39 is 0 Å². The Bertz CT molecular complexity index is 1030. The Balaban J connectivity index is 1.96. The highest BCUT2D eigenvalue weighted by Gasteiger charge is 2.30. The molecule has 1 atom stereocenters. The fourth-order valence-corrected chi connectivity index (χ4v) is 4.00. The molecule has 2 heterocycles. The number of para-hydroxylation sites is 2. The van der Waals surface area contributed by atoms with Gasteiger partial charge in [0, 0.05) is 6.42 Å². The van der Waals surface area contributed by atoms with Crippen LogP contribution in [-0.2, 0) is 9.53 Å². The number of ether oxygens (including phenoxy) is 1. The first-order valence-corrected chi connectivity index (χ1v) is 8.94. The Morgan fingerprint density at radius 3 is 2.64 bits per heavy atom. The van der Waals surface area contributed by atoms with Crippen LogP contribution in [-0.4, -0.2) is 27.4 Å². The second kappa shape index (κ2) is 6.37. The molecule has 6 heteroatoms. The molecule has 126 valence electrons. The van der Waals surface area contributed by atoms with E-state index in [-0.39, 0.29) is 16.8 Å². The van der Waals surface area contributed by atoms with Crippen LogP contribution in [0.15, 0.2) is 58.5 Å². The molecule has 0 amide bonds. The number of esters is 1. The zero-order valence-electron chi connectivity index (χ0n) is 13.6. The second-order valence-electron chi connectivity index (χ2n) is 5.90. The maximum absolute atomic E-state index is 13.2. The number of hydrogen-bond acceptors (Lipinski definition) is 5. The van der Waals surface area contributed by atoms with Gasteiger partial charge in [0.05, 0.1) is 23.2 Å². The fourth-order valence-electron chi connectivity index (χ4n) is 2.93. The van der Waals surface area contributed by atoms with Crippen molar-refractivity contribution in [2.24, 2.45) is 0 Å². The van der Waals surface area contributed by atoms with Crippen LogP contribution in [0.25, 0.3) is 16.6 Å². The smallest absolute Gasteiger partial charge is 0.319 e. The maximum Gasteiger partial charge on any atom is 0.319 e. The van der Waals surface area contributed by atoms with E-state index in [0.717, 1.165) is 11.3 Å². The summed E-state index contributed by atoms with van der Waals surface area (Å²) in [6.45, 7) is 2.37. The van der Waals surface area contributed by atoms with Crippen LogP contribution in [0.3, 0.4) is 0 Å². The summed E-state index contributed by atoms with van der Waals surface area (Å²) < 4.78 is 6.65. The van der Waals surface area contributed by atoms with Crippen LogP contribution >= 0.6 is 11.8 Å². The number of rotatable bonds is 3. The number of fused-ring (bicyclic) bond motifs is 1. The topological polar surface area (TPSA) is 61.2 Å². The third-order valence-electron chi connectivity index (χ3n) is 4.24. The van der Waals surface area contributed by atoms with Gasteiger partial charge in [-0.3, -0.25) is 14.2 Å². The molecule has 3 aromatic rings. The van der Waals surface area contributed by atoms with Crippen LogP contribution in [0.1, 0.15) is 12.0 Å². The monoisotopic (exact) mass is 352 g/mol. The van der Waals surface area contributed by atoms with Crippen molar-refractivity contribution in [3.63, 3.8) is 0 Å². The summed E-state index contributed by atoms with van der Waals surface area (Å²) in [5.74, 6) is -0.247. The van der Waals surface area contributed by atoms with Gasteiger partial charge in [-0.2, -0.15) is 0 Å². The third-order valence-corrected chi connectivity index (χ3v) is 5.43. The lowest BCUT2D eigenvalue weighted by atomic mass is 10.2. The number of benzene rings is 2. The van der Waals surface area contributed by atoms with E-state index in [9.17, 15) is 9.59 Å². The molecule has 0 saturated carbocycles. The summed E-state index contributed by atoms with van der Waals surface area (Å²) in [6, 6.07) is 14.9. The molecule has 2 aromatic carbocycles. The van der Waals surface area contributed by atoms with Gasteiger partial charge in [-0.15, -0.1) is 0 Å². The van der Waals surface area contributed by atoms with E-state index in [4.69, 9.17) is 4.74 Å². The Kier molecular flexibility index (Phi) is 4.05. The van der Waals surface area contributed by atoms with Gasteiger partial charge in [0.1, 0.15) is 5.25 Å². The van der Waals surface area contributed by atoms with Crippen molar-refractivity contribution in [3.8, 4) is 5.69 Å². The molecule has 5 nitrogen and oxygen atoms in total. The van der Waals surface area contributed by atoms with E-state index in [1.165, 1.54) is 11.8 Å². The summed E-state index contributed by atoms with van der Waals surface area (Å²) in [4.78, 5) is 29.7. The molecular weight excluding hydrogens is 336 g/mol. The molecule has 0 spiro atoms. The summed E-state index contributed by atoms with van der Waals surface area (Å²) in [6.07, 6.45) is 0.625. The molecule has 0 aliphatic carbocycles. The molecule has 1 aliphatic rings. The quantitative estimate of drug-likeness (QED) is 0.535. The van der Waals surface area contributed by atoms with Crippen molar-refractivity contribution >= 4 is 28.6 Å². The van der Waals surface area contributed by atoms with Crippen LogP contribution in [0.5, 0.6) is 0 Å². The third kappa shape index (κ3) is 2.82. The van der Waals surface area contributed by atoms with E-state index in [1.807, 2.05) is 49.4 Å². The van der Waals surface area contributed by atoms with Gasteiger partial charge in [-0.1, -0.05) is 42.1 Å². The Morgan fingerprint density at radius 1 is 1.12 bits per heavy atom. The first kappa shape index (κ1) is 15.9. The predicted octanol–water partition coefficient (Wildman–Crippen LogP) is 3.10. The highest BCUT2D eigenvalue weighted by atomic mass is 32.2. The van der Waals surface area contributed by atoms with Crippen LogP contribution in [0, 0.1) is 6.92 Å². The molecule has 0 N–H and O–H groups in total. The minimum atomic E-state index is -0.330. The van der Waals surface area contributed by atoms with Crippen molar-refractivity contribution in [1.82, 2.24) is 9.55 Å². The average Bonchev–Trinajstić information content (AvgIpc) is 3.01. The lowest BCUT2D eigenvalue weighted by molar-refractivity contribution is -0.137. The summed E-state index contributed by atoms with van der Waals surface area (Å²) in [7, 11) is 0. The van der Waals surface area contributed by atoms with Gasteiger partial charge < -0.3 is 4.74 Å². The second-order valence-corrected chi connectivity index (χ2v) is 7.07. The molecule has 4 rings (SSSR count). The van der Waals surface area contributed by atoms with Crippen molar-refractivity contribution in [2.75, 3.05) is 6.61 Å². The number of hydrogen-bond donors (Lipinski definition) is 0. The van der Waals surface area contributed by atoms with Crippen LogP contribution in [0.4, 0.5) is 0 Å². The van der Waals surface area contributed by atoms with Gasteiger partial charge in [0.25, 0.3) is 5.56 Å². The number of carbonyl (C=O) groups is 1. The number of cyclic esters (lactones) is 1. The zero-order valence-corrected chi connectivity index (χ0v) is 14.5. The van der Waals surface area contributed by atoms with Gasteiger partial charge in [-0.05, 0) is 30.7 Å². The van der Waals surface area contributed by atoms with E-state index in [0.29, 0.717) is 29.1 Å². The van der Waals surface area contributed by atoms with E-state index >= 15 is 0 Å². The fraction of sp³-hybridized carbons (Fsp3) is 0.211. The molecule has 1 aromatic heterocycles. The lowest BCUT2D eigenvalue weighted by Crippen LogP contribution is -2.24. The van der Waals surface area contributed by atoms with Crippen molar-refractivity contribution in [3.05, 3.63) is 64.4 Å². The van der Waals surface area contributed by atoms with Gasteiger partial charge in [0.15, 0.2) is 5.16 Å². The predicted molar refractivity (Wildman–Crippen MR) is 97.3 cm³/mol. The van der Waals surface area contributed by atoms with Gasteiger partial charge in [0.2, 0.25) is 0 Å². The van der Waals surface area contributed by atoms with Gasteiger partial charge >= 0.3 is 5.97 Å². The minimum absolute atomic E-state index is 0.131. The van der Waals surface area contributed by atoms with Crippen molar-refractivity contribution < 1.29 is 9.53 Å². The SMILES string of the molecule is Cc1ccccc1-n1c(SC2CCOC2=O)nc2ccccc2c1=O. The lowest BCUT2D eigenvalue weighted by Gasteiger charge is -2.16. The minimum Gasteiger partial charge on any atom is -0.465 e. The summed E-state index contributed by atoms with van der Waals surface area (Å²) >= 11 is 1.30. The zero-order chi connectivity index (χ0) is 17.4. The molecule has 1 saturated heterocycles. The number of aromatic nitrogens is 2. The molecule has 1 unspecified atom stereocenters. The van der Waals surface area contributed by atoms with Gasteiger partial charge in [-0.25, -0.2) is 4.98 Å². The van der Waals surface area contributed by atoms with Crippen molar-refractivity contribution in [1.29, 1.82) is 0 Å². The largest absolute Gasteiger partial charge is 0.465 e. The normalized spacial score (nSPS) is 17.0. The molecule has 25 heavy (non-hydrogen) atoms. The maximum atomic E-state index is 13.2. The Hall–Kier alpha value is -2.60. The number of carbonyl (C=O) groups excluding carboxylic acids is 1. The molecule has 1 fully saturated rings. The van der Waals surface area contributed by atoms with Crippen LogP contribution < -0.4 is 5.56 Å². The molecule has 1 aliphatic heterocycles. The number of thioether (sulfide) groups is 1. The Labute approximate surface area is 148 Å². The number of aryl methyl sites for hydroxylation is 1. The Morgan fingerprint density at radius 2 is 1.88 bits per heavy atom. The molecule has 0 radical (unpaired) electrons. The first-order chi connectivity index (χ1) is 12.1. The molecule has 0 bridgehead atoms. The summed E-state index contributed by atoms with van der Waals surface area (Å²) in [5.41, 5.74) is 2.25.